The van der Waals surface area contributed by atoms with Crippen LogP contribution in [0.2, 0.25) is 0 Å². The summed E-state index contributed by atoms with van der Waals surface area (Å²) in [6, 6.07) is 14.6. The maximum atomic E-state index is 10.7. The van der Waals surface area contributed by atoms with Crippen molar-refractivity contribution in [1.29, 1.82) is 0 Å². The van der Waals surface area contributed by atoms with E-state index in [0.29, 0.717) is 11.1 Å². The molecule has 2 aromatic rings. The number of aromatic carboxylic acids is 1. The zero-order valence-electron chi connectivity index (χ0n) is 10.1. The van der Waals surface area contributed by atoms with Gasteiger partial charge in [0.2, 0.25) is 0 Å². The third-order valence-corrected chi connectivity index (χ3v) is 2.94. The Balaban J connectivity index is 2.19. The summed E-state index contributed by atoms with van der Waals surface area (Å²) in [7, 11) is 0. The SMILES string of the molecule is O=C(O)c1ccc([C@H](O)[C@H](O)c2ccccc2)cc1. The first-order valence-corrected chi connectivity index (χ1v) is 5.84. The third-order valence-electron chi connectivity index (χ3n) is 2.94. The van der Waals surface area contributed by atoms with Crippen LogP contribution in [0, 0.1) is 0 Å². The highest BCUT2D eigenvalue weighted by Crippen LogP contribution is 2.28. The molecule has 0 spiro atoms. The number of carboxylic acids is 1. The first kappa shape index (κ1) is 13.3. The second-order valence-corrected chi connectivity index (χ2v) is 4.23. The van der Waals surface area contributed by atoms with Crippen LogP contribution in [0.5, 0.6) is 0 Å². The highest BCUT2D eigenvalue weighted by molar-refractivity contribution is 5.87. The highest BCUT2D eigenvalue weighted by Gasteiger charge is 2.20. The Kier molecular flexibility index (Phi) is 3.94. The predicted molar refractivity (Wildman–Crippen MR) is 69.8 cm³/mol. The lowest BCUT2D eigenvalue weighted by Crippen LogP contribution is -2.10. The van der Waals surface area contributed by atoms with Gasteiger partial charge in [0.1, 0.15) is 12.2 Å². The molecule has 0 radical (unpaired) electrons. The van der Waals surface area contributed by atoms with Gasteiger partial charge in [0.05, 0.1) is 5.56 Å². The molecule has 0 unspecified atom stereocenters. The number of benzene rings is 2. The lowest BCUT2D eigenvalue weighted by atomic mass is 9.97. The van der Waals surface area contributed by atoms with Crippen molar-refractivity contribution in [2.24, 2.45) is 0 Å². The van der Waals surface area contributed by atoms with Gasteiger partial charge in [0.25, 0.3) is 0 Å². The fourth-order valence-electron chi connectivity index (χ4n) is 1.84. The first-order chi connectivity index (χ1) is 9.09. The summed E-state index contributed by atoms with van der Waals surface area (Å²) in [5.74, 6) is -1.02. The quantitative estimate of drug-likeness (QED) is 0.785. The Hall–Kier alpha value is -2.17. The van der Waals surface area contributed by atoms with Crippen LogP contribution < -0.4 is 0 Å². The van der Waals surface area contributed by atoms with Crippen molar-refractivity contribution < 1.29 is 20.1 Å². The molecule has 0 fully saturated rings. The van der Waals surface area contributed by atoms with Crippen molar-refractivity contribution in [2.45, 2.75) is 12.2 Å². The van der Waals surface area contributed by atoms with Gasteiger partial charge in [-0.05, 0) is 23.3 Å². The van der Waals surface area contributed by atoms with Crippen LogP contribution in [0.25, 0.3) is 0 Å². The van der Waals surface area contributed by atoms with Crippen LogP contribution in [0.15, 0.2) is 54.6 Å². The van der Waals surface area contributed by atoms with Gasteiger partial charge in [-0.15, -0.1) is 0 Å². The minimum absolute atomic E-state index is 0.144. The number of rotatable bonds is 4. The van der Waals surface area contributed by atoms with Gasteiger partial charge in [0.15, 0.2) is 0 Å². The molecule has 2 atom stereocenters. The fourth-order valence-corrected chi connectivity index (χ4v) is 1.84. The van der Waals surface area contributed by atoms with Crippen molar-refractivity contribution in [2.75, 3.05) is 0 Å². The van der Waals surface area contributed by atoms with Gasteiger partial charge in [-0.1, -0.05) is 42.5 Å². The number of aliphatic hydroxyl groups excluding tert-OH is 2. The summed E-state index contributed by atoms with van der Waals surface area (Å²) >= 11 is 0. The molecule has 2 aromatic carbocycles. The molecule has 2 rings (SSSR count). The molecular weight excluding hydrogens is 244 g/mol. The van der Waals surface area contributed by atoms with E-state index in [1.54, 1.807) is 24.3 Å². The molecule has 4 heteroatoms. The van der Waals surface area contributed by atoms with E-state index in [1.165, 1.54) is 24.3 Å². The van der Waals surface area contributed by atoms with Crippen LogP contribution in [-0.4, -0.2) is 21.3 Å². The van der Waals surface area contributed by atoms with Crippen LogP contribution in [-0.2, 0) is 0 Å². The summed E-state index contributed by atoms with van der Waals surface area (Å²) in [5, 5.41) is 28.9. The summed E-state index contributed by atoms with van der Waals surface area (Å²) < 4.78 is 0. The molecule has 0 aromatic heterocycles. The molecule has 98 valence electrons. The Morgan fingerprint density at radius 2 is 1.26 bits per heavy atom. The Bertz CT molecular complexity index is 548. The average Bonchev–Trinajstić information content (AvgIpc) is 2.46. The topological polar surface area (TPSA) is 77.8 Å². The third kappa shape index (κ3) is 2.99. The van der Waals surface area contributed by atoms with Gasteiger partial charge >= 0.3 is 5.97 Å². The molecule has 4 nitrogen and oxygen atoms in total. The van der Waals surface area contributed by atoms with Gasteiger partial charge in [-0.25, -0.2) is 4.79 Å². The molecule has 0 bridgehead atoms. The van der Waals surface area contributed by atoms with Crippen molar-refractivity contribution in [3.63, 3.8) is 0 Å². The van der Waals surface area contributed by atoms with E-state index in [4.69, 9.17) is 5.11 Å². The monoisotopic (exact) mass is 258 g/mol. The van der Waals surface area contributed by atoms with E-state index < -0.39 is 18.2 Å². The minimum atomic E-state index is -1.09. The van der Waals surface area contributed by atoms with Gasteiger partial charge < -0.3 is 15.3 Å². The van der Waals surface area contributed by atoms with E-state index >= 15 is 0 Å². The molecule has 0 amide bonds. The molecule has 0 aliphatic heterocycles. The van der Waals surface area contributed by atoms with Gasteiger partial charge in [-0.3, -0.25) is 0 Å². The number of carboxylic acid groups (broad SMARTS) is 1. The largest absolute Gasteiger partial charge is 0.478 e. The maximum absolute atomic E-state index is 10.7. The number of carbonyl (C=O) groups is 1. The van der Waals surface area contributed by atoms with Crippen molar-refractivity contribution in [3.8, 4) is 0 Å². The molecule has 0 saturated carbocycles. The number of hydrogen-bond donors (Lipinski definition) is 3. The number of aliphatic hydroxyl groups is 2. The normalized spacial score (nSPS) is 13.8. The van der Waals surface area contributed by atoms with Crippen LogP contribution in [0.3, 0.4) is 0 Å². The van der Waals surface area contributed by atoms with Gasteiger partial charge in [-0.2, -0.15) is 0 Å². The zero-order valence-corrected chi connectivity index (χ0v) is 10.1. The zero-order chi connectivity index (χ0) is 13.8. The number of hydrogen-bond acceptors (Lipinski definition) is 3. The van der Waals surface area contributed by atoms with E-state index in [9.17, 15) is 15.0 Å². The summed E-state index contributed by atoms with van der Waals surface area (Å²) in [4.78, 5) is 10.7. The maximum Gasteiger partial charge on any atom is 0.335 e. The summed E-state index contributed by atoms with van der Waals surface area (Å²) in [6.45, 7) is 0. The standard InChI is InChI=1S/C15H14O4/c16-13(10-4-2-1-3-5-10)14(17)11-6-8-12(9-7-11)15(18)19/h1-9,13-14,16-17H,(H,18,19)/t13-,14+/m1/s1. The Morgan fingerprint density at radius 3 is 1.74 bits per heavy atom. The van der Waals surface area contributed by atoms with Crippen LogP contribution in [0.4, 0.5) is 0 Å². The Labute approximate surface area is 110 Å². The van der Waals surface area contributed by atoms with E-state index in [-0.39, 0.29) is 5.56 Å². The molecule has 19 heavy (non-hydrogen) atoms. The molecule has 0 aliphatic carbocycles. The fraction of sp³-hybridized carbons (Fsp3) is 0.133. The van der Waals surface area contributed by atoms with E-state index in [1.807, 2.05) is 6.07 Å². The highest BCUT2D eigenvalue weighted by atomic mass is 16.4. The molecule has 0 heterocycles. The van der Waals surface area contributed by atoms with Crippen molar-refractivity contribution >= 4 is 5.97 Å². The summed E-state index contributed by atoms with van der Waals surface area (Å²) in [6.07, 6.45) is -2.14. The predicted octanol–water partition coefficient (Wildman–Crippen LogP) is 2.15. The minimum Gasteiger partial charge on any atom is -0.478 e. The molecular formula is C15H14O4. The molecule has 0 saturated heterocycles. The second-order valence-electron chi connectivity index (χ2n) is 4.23. The van der Waals surface area contributed by atoms with Crippen molar-refractivity contribution in [1.82, 2.24) is 0 Å². The van der Waals surface area contributed by atoms with Crippen molar-refractivity contribution in [3.05, 3.63) is 71.3 Å². The van der Waals surface area contributed by atoms with E-state index in [2.05, 4.69) is 0 Å². The van der Waals surface area contributed by atoms with Gasteiger partial charge in [0, 0.05) is 0 Å². The summed E-state index contributed by atoms with van der Waals surface area (Å²) in [5.41, 5.74) is 1.23. The lowest BCUT2D eigenvalue weighted by molar-refractivity contribution is 0.0172. The average molecular weight is 258 g/mol. The molecule has 3 N–H and O–H groups in total. The van der Waals surface area contributed by atoms with E-state index in [0.717, 1.165) is 0 Å². The van der Waals surface area contributed by atoms with Crippen LogP contribution >= 0.6 is 0 Å². The van der Waals surface area contributed by atoms with Crippen LogP contribution in [0.1, 0.15) is 33.7 Å². The lowest BCUT2D eigenvalue weighted by Gasteiger charge is -2.18. The Morgan fingerprint density at radius 1 is 0.789 bits per heavy atom. The first-order valence-electron chi connectivity index (χ1n) is 5.84. The second kappa shape index (κ2) is 5.65. The molecule has 0 aliphatic rings. The smallest absolute Gasteiger partial charge is 0.335 e.